The van der Waals surface area contributed by atoms with Crippen LogP contribution in [0, 0.1) is 5.92 Å². The van der Waals surface area contributed by atoms with Crippen LogP contribution in [0.4, 0.5) is 5.69 Å². The molecule has 1 saturated heterocycles. The molecular weight excluding hydrogens is 348 g/mol. The second-order valence-corrected chi connectivity index (χ2v) is 9.79. The topological polar surface area (TPSA) is 83.6 Å². The van der Waals surface area contributed by atoms with E-state index in [1.54, 1.807) is 4.90 Å². The summed E-state index contributed by atoms with van der Waals surface area (Å²) in [5, 5.41) is 9.77. The molecule has 2 atom stereocenters. The number of nitrogens with two attached hydrogens (primary N) is 1. The van der Waals surface area contributed by atoms with Crippen molar-refractivity contribution in [1.29, 1.82) is 0 Å². The van der Waals surface area contributed by atoms with Gasteiger partial charge in [0, 0.05) is 10.9 Å². The van der Waals surface area contributed by atoms with Crippen molar-refractivity contribution < 1.29 is 14.7 Å². The SMILES string of the molecule is CC(C)(C)c1cc(N2C(=O)C(N)CC[C@H]2C2CCCCC2)c(C(=O)O)s1. The fraction of sp³-hybridized carbons (Fsp3) is 0.700. The Bertz CT molecular complexity index is 686. The number of carboxylic acid groups (broad SMARTS) is 1. The molecule has 1 aliphatic heterocycles. The summed E-state index contributed by atoms with van der Waals surface area (Å²) in [4.78, 5) is 28.0. The van der Waals surface area contributed by atoms with Crippen molar-refractivity contribution in [2.75, 3.05) is 4.90 Å². The Kier molecular flexibility index (Phi) is 5.45. The molecular formula is C20H30N2O3S. The number of carboxylic acids is 1. The highest BCUT2D eigenvalue weighted by atomic mass is 32.1. The summed E-state index contributed by atoms with van der Waals surface area (Å²) < 4.78 is 0. The van der Waals surface area contributed by atoms with Crippen molar-refractivity contribution in [3.63, 3.8) is 0 Å². The normalized spacial score (nSPS) is 25.5. The molecule has 6 heteroatoms. The minimum Gasteiger partial charge on any atom is -0.477 e. The number of carbonyl (C=O) groups is 2. The number of carbonyl (C=O) groups excluding carboxylic acids is 1. The van der Waals surface area contributed by atoms with Crippen LogP contribution in [0.1, 0.15) is 80.3 Å². The number of amides is 1. The van der Waals surface area contributed by atoms with Crippen LogP contribution in [0.2, 0.25) is 0 Å². The molecule has 144 valence electrons. The number of piperidine rings is 1. The first-order valence-corrected chi connectivity index (χ1v) is 10.5. The maximum atomic E-state index is 13.0. The van der Waals surface area contributed by atoms with E-state index in [2.05, 4.69) is 20.8 Å². The molecule has 3 N–H and O–H groups in total. The van der Waals surface area contributed by atoms with E-state index < -0.39 is 12.0 Å². The predicted octanol–water partition coefficient (Wildman–Crippen LogP) is 4.15. The second kappa shape index (κ2) is 7.31. The van der Waals surface area contributed by atoms with Gasteiger partial charge in [0.25, 0.3) is 0 Å². The lowest BCUT2D eigenvalue weighted by molar-refractivity contribution is -0.122. The monoisotopic (exact) mass is 378 g/mol. The zero-order chi connectivity index (χ0) is 19.1. The van der Waals surface area contributed by atoms with E-state index in [0.29, 0.717) is 18.0 Å². The molecule has 2 aliphatic rings. The van der Waals surface area contributed by atoms with Crippen LogP contribution in [0.25, 0.3) is 0 Å². The highest BCUT2D eigenvalue weighted by Crippen LogP contribution is 2.42. The van der Waals surface area contributed by atoms with Crippen LogP contribution in [0.3, 0.4) is 0 Å². The molecule has 1 amide bonds. The number of hydrogen-bond donors (Lipinski definition) is 2. The van der Waals surface area contributed by atoms with Crippen LogP contribution in [-0.4, -0.2) is 29.1 Å². The molecule has 0 spiro atoms. The van der Waals surface area contributed by atoms with Crippen molar-refractivity contribution >= 4 is 28.9 Å². The molecule has 5 nitrogen and oxygen atoms in total. The molecule has 2 heterocycles. The third-order valence-corrected chi connectivity index (χ3v) is 7.30. The van der Waals surface area contributed by atoms with Gasteiger partial charge < -0.3 is 15.7 Å². The standard InChI is InChI=1S/C20H30N2O3S/c1-20(2,3)16-11-15(17(26-16)19(24)25)22-14(10-9-13(21)18(22)23)12-7-5-4-6-8-12/h11-14H,4-10,21H2,1-3H3,(H,24,25)/t13?,14-/m0/s1. The van der Waals surface area contributed by atoms with E-state index in [4.69, 9.17) is 5.73 Å². The van der Waals surface area contributed by atoms with Crippen molar-refractivity contribution in [2.45, 2.75) is 83.2 Å². The van der Waals surface area contributed by atoms with Crippen molar-refractivity contribution in [1.82, 2.24) is 0 Å². The molecule has 0 bridgehead atoms. The van der Waals surface area contributed by atoms with Gasteiger partial charge >= 0.3 is 5.97 Å². The first kappa shape index (κ1) is 19.4. The van der Waals surface area contributed by atoms with E-state index in [0.717, 1.165) is 24.1 Å². The number of hydrogen-bond acceptors (Lipinski definition) is 4. The minimum atomic E-state index is -0.963. The van der Waals surface area contributed by atoms with E-state index >= 15 is 0 Å². The maximum absolute atomic E-state index is 13.0. The lowest BCUT2D eigenvalue weighted by Gasteiger charge is -2.43. The zero-order valence-electron chi connectivity index (χ0n) is 16.0. The first-order valence-electron chi connectivity index (χ1n) is 9.66. The molecule has 0 aromatic carbocycles. The Balaban J connectivity index is 2.05. The molecule has 1 saturated carbocycles. The predicted molar refractivity (Wildman–Crippen MR) is 105 cm³/mol. The van der Waals surface area contributed by atoms with Gasteiger partial charge in [0.15, 0.2) is 0 Å². The van der Waals surface area contributed by atoms with Gasteiger partial charge in [-0.05, 0) is 43.1 Å². The molecule has 1 aromatic rings. The van der Waals surface area contributed by atoms with Crippen LogP contribution in [0.15, 0.2) is 6.07 Å². The minimum absolute atomic E-state index is 0.0723. The van der Waals surface area contributed by atoms with Gasteiger partial charge in [0.1, 0.15) is 4.88 Å². The molecule has 0 radical (unpaired) electrons. The maximum Gasteiger partial charge on any atom is 0.348 e. The quantitative estimate of drug-likeness (QED) is 0.828. The van der Waals surface area contributed by atoms with Crippen LogP contribution >= 0.6 is 11.3 Å². The van der Waals surface area contributed by atoms with E-state index in [9.17, 15) is 14.7 Å². The number of anilines is 1. The Morgan fingerprint density at radius 3 is 2.42 bits per heavy atom. The average Bonchev–Trinajstić information content (AvgIpc) is 3.03. The Morgan fingerprint density at radius 2 is 1.85 bits per heavy atom. The largest absolute Gasteiger partial charge is 0.477 e. The lowest BCUT2D eigenvalue weighted by Crippen LogP contribution is -2.56. The van der Waals surface area contributed by atoms with Crippen molar-refractivity contribution in [3.8, 4) is 0 Å². The van der Waals surface area contributed by atoms with E-state index in [1.807, 2.05) is 6.07 Å². The van der Waals surface area contributed by atoms with Crippen LogP contribution < -0.4 is 10.6 Å². The Hall–Kier alpha value is -1.40. The summed E-state index contributed by atoms with van der Waals surface area (Å²) in [7, 11) is 0. The summed E-state index contributed by atoms with van der Waals surface area (Å²) in [6.07, 6.45) is 7.41. The van der Waals surface area contributed by atoms with E-state index in [1.165, 1.54) is 30.6 Å². The van der Waals surface area contributed by atoms with Gasteiger partial charge in [-0.25, -0.2) is 4.79 Å². The summed E-state index contributed by atoms with van der Waals surface area (Å²) >= 11 is 1.29. The smallest absolute Gasteiger partial charge is 0.348 e. The van der Waals surface area contributed by atoms with E-state index in [-0.39, 0.29) is 22.2 Å². The summed E-state index contributed by atoms with van der Waals surface area (Å²) in [6.45, 7) is 6.20. The third kappa shape index (κ3) is 3.67. The number of rotatable bonds is 3. The fourth-order valence-corrected chi connectivity index (χ4v) is 5.34. The first-order chi connectivity index (χ1) is 12.2. The second-order valence-electron chi connectivity index (χ2n) is 8.74. The molecule has 1 aliphatic carbocycles. The van der Waals surface area contributed by atoms with Crippen molar-refractivity contribution in [2.24, 2.45) is 11.7 Å². The average molecular weight is 379 g/mol. The molecule has 26 heavy (non-hydrogen) atoms. The highest BCUT2D eigenvalue weighted by Gasteiger charge is 2.41. The number of nitrogens with zero attached hydrogens (tertiary/aromatic N) is 1. The summed E-state index contributed by atoms with van der Waals surface area (Å²) in [5.74, 6) is -0.637. The molecule has 1 aromatic heterocycles. The zero-order valence-corrected chi connectivity index (χ0v) is 16.8. The molecule has 1 unspecified atom stereocenters. The van der Waals surface area contributed by atoms with Gasteiger partial charge in [-0.1, -0.05) is 40.0 Å². The Morgan fingerprint density at radius 1 is 1.19 bits per heavy atom. The molecule has 2 fully saturated rings. The van der Waals surface area contributed by atoms with Crippen molar-refractivity contribution in [3.05, 3.63) is 15.8 Å². The Labute approximate surface area is 159 Å². The van der Waals surface area contributed by atoms with Gasteiger partial charge in [-0.15, -0.1) is 11.3 Å². The third-order valence-electron chi connectivity index (χ3n) is 5.76. The summed E-state index contributed by atoms with van der Waals surface area (Å²) in [6, 6.07) is 1.46. The van der Waals surface area contributed by atoms with Gasteiger partial charge in [-0.2, -0.15) is 0 Å². The van der Waals surface area contributed by atoms with Gasteiger partial charge in [0.05, 0.1) is 11.7 Å². The van der Waals surface area contributed by atoms with Crippen LogP contribution in [0.5, 0.6) is 0 Å². The number of aromatic carboxylic acids is 1. The highest BCUT2D eigenvalue weighted by molar-refractivity contribution is 7.14. The summed E-state index contributed by atoms with van der Waals surface area (Å²) in [5.41, 5.74) is 6.48. The van der Waals surface area contributed by atoms with Crippen LogP contribution in [-0.2, 0) is 10.2 Å². The number of thiophene rings is 1. The lowest BCUT2D eigenvalue weighted by atomic mass is 9.79. The fourth-order valence-electron chi connectivity index (χ4n) is 4.29. The van der Waals surface area contributed by atoms with Gasteiger partial charge in [0.2, 0.25) is 5.91 Å². The van der Waals surface area contributed by atoms with Gasteiger partial charge in [-0.3, -0.25) is 4.79 Å². The molecule has 3 rings (SSSR count).